The van der Waals surface area contributed by atoms with Crippen molar-refractivity contribution < 1.29 is 32.1 Å². The van der Waals surface area contributed by atoms with E-state index >= 15 is 0 Å². The first-order valence-corrected chi connectivity index (χ1v) is 13.7. The average molecular weight is 585 g/mol. The molecule has 3 aromatic carbocycles. The third kappa shape index (κ3) is 5.98. The molecule has 0 spiro atoms. The Bertz CT molecular complexity index is 1530. The molecule has 1 atom stereocenters. The van der Waals surface area contributed by atoms with Gasteiger partial charge in [0.25, 0.3) is 0 Å². The van der Waals surface area contributed by atoms with Gasteiger partial charge in [-0.25, -0.2) is 0 Å². The monoisotopic (exact) mass is 584 g/mol. The molecular formula is C31H35F3N4O4. The van der Waals surface area contributed by atoms with Crippen LogP contribution in [-0.4, -0.2) is 69.3 Å². The number of fused-ring (bicyclic) bond motifs is 1. The quantitative estimate of drug-likeness (QED) is 0.270. The van der Waals surface area contributed by atoms with Crippen LogP contribution >= 0.6 is 0 Å². The zero-order valence-corrected chi connectivity index (χ0v) is 24.1. The van der Waals surface area contributed by atoms with Gasteiger partial charge in [0.05, 0.1) is 52.3 Å². The fourth-order valence-electron chi connectivity index (χ4n) is 5.68. The van der Waals surface area contributed by atoms with Crippen LogP contribution in [0.1, 0.15) is 28.3 Å². The van der Waals surface area contributed by atoms with E-state index in [9.17, 15) is 13.2 Å². The smallest absolute Gasteiger partial charge is 0.416 e. The Balaban J connectivity index is 1.63. The molecule has 2 heterocycles. The van der Waals surface area contributed by atoms with Crippen LogP contribution in [0.2, 0.25) is 0 Å². The van der Waals surface area contributed by atoms with Gasteiger partial charge in [-0.3, -0.25) is 9.58 Å². The number of halogens is 3. The van der Waals surface area contributed by atoms with Gasteiger partial charge in [-0.2, -0.15) is 18.3 Å². The number of rotatable bonds is 10. The van der Waals surface area contributed by atoms with E-state index in [1.807, 2.05) is 28.9 Å². The van der Waals surface area contributed by atoms with E-state index in [0.29, 0.717) is 41.5 Å². The molecule has 1 fully saturated rings. The number of hydrogen-bond acceptors (Lipinski definition) is 7. The molecule has 11 heteroatoms. The van der Waals surface area contributed by atoms with Gasteiger partial charge in [-0.05, 0) is 35.7 Å². The molecule has 0 bridgehead atoms. The summed E-state index contributed by atoms with van der Waals surface area (Å²) in [7, 11) is 6.35. The molecule has 0 aliphatic carbocycles. The molecule has 0 amide bonds. The Morgan fingerprint density at radius 3 is 2.26 bits per heavy atom. The van der Waals surface area contributed by atoms with Gasteiger partial charge in [-0.1, -0.05) is 24.3 Å². The van der Waals surface area contributed by atoms with Crippen molar-refractivity contribution in [2.24, 2.45) is 0 Å². The highest BCUT2D eigenvalue weighted by molar-refractivity contribution is 5.88. The zero-order valence-electron chi connectivity index (χ0n) is 24.1. The first-order valence-electron chi connectivity index (χ1n) is 13.7. The Morgan fingerprint density at radius 2 is 1.60 bits per heavy atom. The maximum absolute atomic E-state index is 13.6. The molecule has 8 nitrogen and oxygen atoms in total. The molecule has 5 rings (SSSR count). The van der Waals surface area contributed by atoms with Gasteiger partial charge < -0.3 is 24.3 Å². The number of hydrogen-bond donors (Lipinski definition) is 1. The lowest BCUT2D eigenvalue weighted by Gasteiger charge is -2.36. The molecule has 0 radical (unpaired) electrons. The highest BCUT2D eigenvalue weighted by atomic mass is 19.4. The fraction of sp³-hybridized carbons (Fsp3) is 0.387. The van der Waals surface area contributed by atoms with Crippen molar-refractivity contribution in [1.82, 2.24) is 20.0 Å². The predicted octanol–water partition coefficient (Wildman–Crippen LogP) is 5.33. The van der Waals surface area contributed by atoms with Crippen LogP contribution in [0.4, 0.5) is 13.2 Å². The number of ether oxygens (including phenoxy) is 4. The second-order valence-electron chi connectivity index (χ2n) is 10.2. The van der Waals surface area contributed by atoms with Crippen molar-refractivity contribution in [3.8, 4) is 23.0 Å². The van der Waals surface area contributed by atoms with Crippen molar-refractivity contribution in [2.45, 2.75) is 25.2 Å². The van der Waals surface area contributed by atoms with E-state index in [2.05, 4.69) is 10.2 Å². The minimum Gasteiger partial charge on any atom is -0.493 e. The molecule has 4 aromatic rings. The third-order valence-electron chi connectivity index (χ3n) is 7.72. The van der Waals surface area contributed by atoms with Gasteiger partial charge in [0.15, 0.2) is 23.0 Å². The Labute approximate surface area is 242 Å². The lowest BCUT2D eigenvalue weighted by molar-refractivity contribution is -0.137. The summed E-state index contributed by atoms with van der Waals surface area (Å²) in [4.78, 5) is 2.29. The predicted molar refractivity (Wildman–Crippen MR) is 154 cm³/mol. The van der Waals surface area contributed by atoms with Crippen molar-refractivity contribution >= 4 is 10.9 Å². The van der Waals surface area contributed by atoms with E-state index < -0.39 is 11.7 Å². The lowest BCUT2D eigenvalue weighted by Crippen LogP contribution is -2.45. The fourth-order valence-corrected chi connectivity index (χ4v) is 5.68. The standard InChI is InChI=1S/C31H35F3N4O4/c1-39-26-9-8-21(16-27(26)40-2)19-38-24-17-28(41-3)30(42-4)29(23(24)18-36-38)25(37-12-10-35-11-13-37)15-20-6-5-7-22(14-20)31(32,33)34/h5-9,14,16-18,25,35H,10-13,15,19H2,1-4H3. The summed E-state index contributed by atoms with van der Waals surface area (Å²) >= 11 is 0. The number of nitrogens with one attached hydrogen (secondary N) is 1. The van der Waals surface area contributed by atoms with Crippen LogP contribution < -0.4 is 24.3 Å². The van der Waals surface area contributed by atoms with Crippen molar-refractivity contribution in [3.63, 3.8) is 0 Å². The van der Waals surface area contributed by atoms with Gasteiger partial charge in [0.2, 0.25) is 0 Å². The number of benzene rings is 3. The minimum atomic E-state index is -4.42. The molecule has 1 N–H and O–H groups in total. The van der Waals surface area contributed by atoms with Crippen LogP contribution in [0.15, 0.2) is 54.7 Å². The first kappa shape index (κ1) is 29.5. The average Bonchev–Trinajstić information content (AvgIpc) is 3.40. The summed E-state index contributed by atoms with van der Waals surface area (Å²) in [6.07, 6.45) is -2.27. The Hall–Kier alpha value is -3.96. The number of methoxy groups -OCH3 is 4. The normalized spacial score (nSPS) is 15.0. The van der Waals surface area contributed by atoms with E-state index in [1.54, 1.807) is 40.7 Å². The van der Waals surface area contributed by atoms with E-state index in [1.165, 1.54) is 12.1 Å². The summed E-state index contributed by atoms with van der Waals surface area (Å²) in [6, 6.07) is 12.9. The van der Waals surface area contributed by atoms with Crippen molar-refractivity contribution in [1.29, 1.82) is 0 Å². The maximum atomic E-state index is 13.6. The molecule has 1 aliphatic rings. The van der Waals surface area contributed by atoms with Crippen LogP contribution in [-0.2, 0) is 19.1 Å². The lowest BCUT2D eigenvalue weighted by atomic mass is 9.92. The van der Waals surface area contributed by atoms with Gasteiger partial charge >= 0.3 is 6.18 Å². The number of piperazine rings is 1. The molecule has 1 aliphatic heterocycles. The summed E-state index contributed by atoms with van der Waals surface area (Å²) in [5.74, 6) is 2.32. The first-order chi connectivity index (χ1) is 20.3. The van der Waals surface area contributed by atoms with Gasteiger partial charge in [-0.15, -0.1) is 0 Å². The van der Waals surface area contributed by atoms with Crippen LogP contribution in [0.25, 0.3) is 10.9 Å². The van der Waals surface area contributed by atoms with E-state index in [-0.39, 0.29) is 6.04 Å². The highest BCUT2D eigenvalue weighted by Gasteiger charge is 2.33. The number of aromatic nitrogens is 2. The van der Waals surface area contributed by atoms with Crippen LogP contribution in [0.5, 0.6) is 23.0 Å². The molecule has 0 saturated carbocycles. The van der Waals surface area contributed by atoms with Crippen molar-refractivity contribution in [2.75, 3.05) is 54.6 Å². The topological polar surface area (TPSA) is 70.0 Å². The number of nitrogens with zero attached hydrogens (tertiary/aromatic N) is 3. The Kier molecular flexibility index (Phi) is 8.79. The Morgan fingerprint density at radius 1 is 0.857 bits per heavy atom. The molecule has 1 saturated heterocycles. The third-order valence-corrected chi connectivity index (χ3v) is 7.72. The molecule has 224 valence electrons. The van der Waals surface area contributed by atoms with E-state index in [4.69, 9.17) is 24.0 Å². The second kappa shape index (κ2) is 12.5. The molecule has 1 unspecified atom stereocenters. The summed E-state index contributed by atoms with van der Waals surface area (Å²) < 4.78 is 65.3. The van der Waals surface area contributed by atoms with Gasteiger partial charge in [0, 0.05) is 49.2 Å². The van der Waals surface area contributed by atoms with Gasteiger partial charge in [0.1, 0.15) is 0 Å². The summed E-state index contributed by atoms with van der Waals surface area (Å²) in [5.41, 5.74) is 2.54. The SMILES string of the molecule is COc1ccc(Cn2ncc3c(C(Cc4cccc(C(F)(F)F)c4)N4CCNCC4)c(OC)c(OC)cc32)cc1OC. The van der Waals surface area contributed by atoms with Crippen LogP contribution in [0.3, 0.4) is 0 Å². The van der Waals surface area contributed by atoms with Crippen molar-refractivity contribution in [3.05, 3.63) is 77.0 Å². The molecule has 1 aromatic heterocycles. The highest BCUT2D eigenvalue weighted by Crippen LogP contribution is 2.44. The largest absolute Gasteiger partial charge is 0.493 e. The molecule has 42 heavy (non-hydrogen) atoms. The second-order valence-corrected chi connectivity index (χ2v) is 10.2. The maximum Gasteiger partial charge on any atom is 0.416 e. The van der Waals surface area contributed by atoms with Crippen LogP contribution in [0, 0.1) is 0 Å². The van der Waals surface area contributed by atoms with E-state index in [0.717, 1.165) is 54.3 Å². The zero-order chi connectivity index (χ0) is 29.9. The molecular weight excluding hydrogens is 549 g/mol. The number of alkyl halides is 3. The summed E-state index contributed by atoms with van der Waals surface area (Å²) in [6.45, 7) is 3.45. The minimum absolute atomic E-state index is 0.290. The summed E-state index contributed by atoms with van der Waals surface area (Å²) in [5, 5.41) is 8.95.